The predicted molar refractivity (Wildman–Crippen MR) is 129 cm³/mol. The quantitative estimate of drug-likeness (QED) is 0.650. The lowest BCUT2D eigenvalue weighted by Gasteiger charge is -2.34. The van der Waals surface area contributed by atoms with Gasteiger partial charge in [-0.3, -0.25) is 24.0 Å². The molecule has 1 aromatic carbocycles. The molecule has 2 aliphatic rings. The first-order valence-electron chi connectivity index (χ1n) is 12.2. The molecule has 3 heterocycles. The molecule has 35 heavy (non-hydrogen) atoms. The van der Waals surface area contributed by atoms with E-state index in [-0.39, 0.29) is 36.9 Å². The molecule has 2 aromatic rings. The van der Waals surface area contributed by atoms with Gasteiger partial charge in [-0.2, -0.15) is 5.10 Å². The van der Waals surface area contributed by atoms with Crippen LogP contribution in [-0.4, -0.2) is 81.5 Å². The SMILES string of the molecule is CCCN1CCN(C(=O)CCC(=O)N2CCc3c(c(C(=O)Nc4cccc(F)c4)nn3C)C2)CC1. The highest BCUT2D eigenvalue weighted by Crippen LogP contribution is 2.24. The van der Waals surface area contributed by atoms with Gasteiger partial charge in [0.25, 0.3) is 5.91 Å². The molecule has 0 unspecified atom stereocenters. The van der Waals surface area contributed by atoms with E-state index < -0.39 is 11.7 Å². The van der Waals surface area contributed by atoms with Crippen LogP contribution >= 0.6 is 0 Å². The largest absolute Gasteiger partial charge is 0.340 e. The summed E-state index contributed by atoms with van der Waals surface area (Å²) in [5.41, 5.74) is 2.16. The van der Waals surface area contributed by atoms with E-state index in [0.29, 0.717) is 37.3 Å². The number of aryl methyl sites for hydroxylation is 1. The monoisotopic (exact) mass is 484 g/mol. The van der Waals surface area contributed by atoms with E-state index in [0.717, 1.165) is 31.7 Å². The van der Waals surface area contributed by atoms with Crippen molar-refractivity contribution in [2.45, 2.75) is 39.2 Å². The van der Waals surface area contributed by atoms with Crippen LogP contribution in [0.2, 0.25) is 0 Å². The van der Waals surface area contributed by atoms with Gasteiger partial charge in [-0.05, 0) is 31.2 Å². The number of carbonyl (C=O) groups excluding carboxylic acids is 3. The van der Waals surface area contributed by atoms with Gasteiger partial charge in [0.05, 0.1) is 0 Å². The lowest BCUT2D eigenvalue weighted by atomic mass is 10.0. The Labute approximate surface area is 204 Å². The van der Waals surface area contributed by atoms with Gasteiger partial charge in [0.15, 0.2) is 5.69 Å². The fourth-order valence-electron chi connectivity index (χ4n) is 4.81. The van der Waals surface area contributed by atoms with Crippen LogP contribution < -0.4 is 5.32 Å². The van der Waals surface area contributed by atoms with Crippen LogP contribution in [0.3, 0.4) is 0 Å². The maximum Gasteiger partial charge on any atom is 0.276 e. The molecule has 4 rings (SSSR count). The number of halogens is 1. The Bertz CT molecular complexity index is 1090. The highest BCUT2D eigenvalue weighted by atomic mass is 19.1. The Morgan fingerprint density at radius 1 is 1.03 bits per heavy atom. The van der Waals surface area contributed by atoms with Gasteiger partial charge >= 0.3 is 0 Å². The van der Waals surface area contributed by atoms with E-state index >= 15 is 0 Å². The van der Waals surface area contributed by atoms with Gasteiger partial charge in [0.1, 0.15) is 5.82 Å². The number of hydrogen-bond acceptors (Lipinski definition) is 5. The van der Waals surface area contributed by atoms with Crippen molar-refractivity contribution in [1.82, 2.24) is 24.5 Å². The van der Waals surface area contributed by atoms with Gasteiger partial charge in [-0.1, -0.05) is 13.0 Å². The van der Waals surface area contributed by atoms with Crippen molar-refractivity contribution >= 4 is 23.4 Å². The summed E-state index contributed by atoms with van der Waals surface area (Å²) in [6.45, 7) is 7.15. The molecule has 0 spiro atoms. The van der Waals surface area contributed by atoms with Crippen molar-refractivity contribution < 1.29 is 18.8 Å². The van der Waals surface area contributed by atoms with Crippen LogP contribution in [0.1, 0.15) is 47.9 Å². The zero-order valence-electron chi connectivity index (χ0n) is 20.4. The summed E-state index contributed by atoms with van der Waals surface area (Å²) in [6.07, 6.45) is 2.01. The number of anilines is 1. The van der Waals surface area contributed by atoms with Gasteiger partial charge in [-0.25, -0.2) is 4.39 Å². The third-order valence-corrected chi connectivity index (χ3v) is 6.71. The van der Waals surface area contributed by atoms with Crippen LogP contribution in [0.25, 0.3) is 0 Å². The molecule has 0 aliphatic carbocycles. The minimum absolute atomic E-state index is 0.0173. The average molecular weight is 485 g/mol. The molecular weight excluding hydrogens is 451 g/mol. The first kappa shape index (κ1) is 24.8. The first-order valence-corrected chi connectivity index (χ1v) is 12.2. The lowest BCUT2D eigenvalue weighted by molar-refractivity contribution is -0.138. The van der Waals surface area contributed by atoms with Gasteiger partial charge < -0.3 is 15.1 Å². The predicted octanol–water partition coefficient (Wildman–Crippen LogP) is 2.03. The van der Waals surface area contributed by atoms with E-state index in [1.165, 1.54) is 18.2 Å². The molecule has 1 saturated heterocycles. The maximum absolute atomic E-state index is 13.5. The molecule has 3 amide bonds. The molecule has 1 fully saturated rings. The Balaban J connectivity index is 1.34. The number of carbonyl (C=O) groups is 3. The van der Waals surface area contributed by atoms with Crippen molar-refractivity contribution in [1.29, 1.82) is 0 Å². The van der Waals surface area contributed by atoms with Gasteiger partial charge in [0.2, 0.25) is 11.8 Å². The molecule has 9 nitrogen and oxygen atoms in total. The van der Waals surface area contributed by atoms with E-state index in [1.807, 2.05) is 4.90 Å². The minimum Gasteiger partial charge on any atom is -0.340 e. The molecule has 0 atom stereocenters. The summed E-state index contributed by atoms with van der Waals surface area (Å²) in [4.78, 5) is 44.3. The molecule has 1 aromatic heterocycles. The van der Waals surface area contributed by atoms with Crippen molar-refractivity contribution in [2.75, 3.05) is 44.6 Å². The summed E-state index contributed by atoms with van der Waals surface area (Å²) in [7, 11) is 1.77. The summed E-state index contributed by atoms with van der Waals surface area (Å²) < 4.78 is 15.2. The van der Waals surface area contributed by atoms with E-state index in [4.69, 9.17) is 0 Å². The van der Waals surface area contributed by atoms with Gasteiger partial charge in [-0.15, -0.1) is 0 Å². The zero-order valence-corrected chi connectivity index (χ0v) is 20.4. The standard InChI is InChI=1S/C25H33FN6O3/c1-3-10-30-12-14-31(15-13-30)22(33)7-8-23(34)32-11-9-21-20(17-32)24(28-29(21)2)25(35)27-19-6-4-5-18(26)16-19/h4-6,16H,3,7-15,17H2,1-2H3,(H,27,35). The molecule has 2 aliphatic heterocycles. The average Bonchev–Trinajstić information content (AvgIpc) is 3.19. The summed E-state index contributed by atoms with van der Waals surface area (Å²) in [5.74, 6) is -0.975. The lowest BCUT2D eigenvalue weighted by Crippen LogP contribution is -2.49. The minimum atomic E-state index is -0.445. The summed E-state index contributed by atoms with van der Waals surface area (Å²) >= 11 is 0. The number of nitrogens with one attached hydrogen (secondary N) is 1. The van der Waals surface area contributed by atoms with E-state index in [1.54, 1.807) is 22.7 Å². The topological polar surface area (TPSA) is 90.8 Å². The smallest absolute Gasteiger partial charge is 0.276 e. The van der Waals surface area contributed by atoms with Crippen LogP contribution in [-0.2, 0) is 29.6 Å². The van der Waals surface area contributed by atoms with Crippen LogP contribution in [0.4, 0.5) is 10.1 Å². The van der Waals surface area contributed by atoms with Crippen molar-refractivity contribution in [3.8, 4) is 0 Å². The number of aromatic nitrogens is 2. The fourth-order valence-corrected chi connectivity index (χ4v) is 4.81. The molecule has 1 N–H and O–H groups in total. The first-order chi connectivity index (χ1) is 16.9. The molecule has 0 saturated carbocycles. The Morgan fingerprint density at radius 3 is 2.43 bits per heavy atom. The third kappa shape index (κ3) is 5.87. The van der Waals surface area contributed by atoms with E-state index in [9.17, 15) is 18.8 Å². The highest BCUT2D eigenvalue weighted by Gasteiger charge is 2.30. The fraction of sp³-hybridized carbons (Fsp3) is 0.520. The number of rotatable bonds is 7. The summed E-state index contributed by atoms with van der Waals surface area (Å²) in [5, 5.41) is 7.05. The number of fused-ring (bicyclic) bond motifs is 1. The molecule has 10 heteroatoms. The second-order valence-electron chi connectivity index (χ2n) is 9.15. The van der Waals surface area contributed by atoms with Crippen molar-refractivity contribution in [3.63, 3.8) is 0 Å². The van der Waals surface area contributed by atoms with Crippen molar-refractivity contribution in [2.24, 2.45) is 7.05 Å². The molecule has 188 valence electrons. The Morgan fingerprint density at radius 2 is 1.74 bits per heavy atom. The number of nitrogens with zero attached hydrogens (tertiary/aromatic N) is 5. The molecule has 0 bridgehead atoms. The Hall–Kier alpha value is -3.27. The van der Waals surface area contributed by atoms with Crippen LogP contribution in [0.15, 0.2) is 24.3 Å². The normalized spacial score (nSPS) is 16.2. The Kier molecular flexibility index (Phi) is 7.80. The second kappa shape index (κ2) is 11.0. The summed E-state index contributed by atoms with van der Waals surface area (Å²) in [6, 6.07) is 5.67. The number of benzene rings is 1. The zero-order chi connectivity index (χ0) is 24.9. The van der Waals surface area contributed by atoms with Crippen molar-refractivity contribution in [3.05, 3.63) is 47.0 Å². The molecule has 0 radical (unpaired) electrons. The third-order valence-electron chi connectivity index (χ3n) is 6.71. The van der Waals surface area contributed by atoms with Crippen LogP contribution in [0.5, 0.6) is 0 Å². The number of piperazine rings is 1. The van der Waals surface area contributed by atoms with Gasteiger partial charge in [0, 0.05) is 82.5 Å². The maximum atomic E-state index is 13.5. The number of amides is 3. The highest BCUT2D eigenvalue weighted by molar-refractivity contribution is 6.04. The van der Waals surface area contributed by atoms with Crippen LogP contribution in [0, 0.1) is 5.82 Å². The molecular formula is C25H33FN6O3. The van der Waals surface area contributed by atoms with E-state index in [2.05, 4.69) is 22.2 Å². The second-order valence-corrected chi connectivity index (χ2v) is 9.15. The number of hydrogen-bond donors (Lipinski definition) is 1.